The number of H-pyrrole nitrogens is 2. The van der Waals surface area contributed by atoms with Gasteiger partial charge >= 0.3 is 0 Å². The van der Waals surface area contributed by atoms with Crippen molar-refractivity contribution in [3.63, 3.8) is 0 Å². The van der Waals surface area contributed by atoms with Gasteiger partial charge in [0.25, 0.3) is 0 Å². The van der Waals surface area contributed by atoms with Crippen molar-refractivity contribution in [2.75, 3.05) is 0 Å². The summed E-state index contributed by atoms with van der Waals surface area (Å²) in [6.07, 6.45) is 8.10. The van der Waals surface area contributed by atoms with E-state index in [0.717, 1.165) is 86.7 Å². The summed E-state index contributed by atoms with van der Waals surface area (Å²) in [5.74, 6) is -0.595. The van der Waals surface area contributed by atoms with Crippen molar-refractivity contribution in [3.05, 3.63) is 168 Å². The van der Waals surface area contributed by atoms with Crippen molar-refractivity contribution in [1.29, 1.82) is 0 Å². The molecule has 0 amide bonds. The van der Waals surface area contributed by atoms with E-state index < -0.39 is 0 Å². The zero-order valence-corrected chi connectivity index (χ0v) is 29.1. The highest BCUT2D eigenvalue weighted by Gasteiger charge is 2.19. The molecule has 8 heteroatoms. The number of benzene rings is 4. The van der Waals surface area contributed by atoms with Crippen molar-refractivity contribution in [2.45, 2.75) is 19.6 Å². The van der Waals surface area contributed by atoms with Crippen LogP contribution in [0.4, 0.5) is 8.78 Å². The molecule has 7 aromatic rings. The SMILES string of the molecule is Fc1cccc(Sc2c3nc(c(-c4ccccc4)c4ccc([nH]4)c(Sc4cccc(F)c4)c4nc(c(-c5ccccc5)c5ccc2[nH]5)C=C4)C=C3)c1. The molecule has 0 fully saturated rings. The lowest BCUT2D eigenvalue weighted by atomic mass is 10.0. The van der Waals surface area contributed by atoms with Gasteiger partial charge in [-0.2, -0.15) is 0 Å². The summed E-state index contributed by atoms with van der Waals surface area (Å²) in [5, 5.41) is 0. The number of aromatic amines is 2. The van der Waals surface area contributed by atoms with Gasteiger partial charge in [0.2, 0.25) is 0 Å². The number of nitrogens with zero attached hydrogens (tertiary/aromatic N) is 2. The number of fused-ring (bicyclic) bond motifs is 8. The van der Waals surface area contributed by atoms with E-state index in [0.29, 0.717) is 0 Å². The summed E-state index contributed by atoms with van der Waals surface area (Å²) in [7, 11) is 0. The van der Waals surface area contributed by atoms with Crippen molar-refractivity contribution < 1.29 is 8.78 Å². The molecule has 4 nitrogen and oxygen atoms in total. The molecule has 0 spiro atoms. The van der Waals surface area contributed by atoms with E-state index in [1.165, 1.54) is 35.7 Å². The predicted molar refractivity (Wildman–Crippen MR) is 211 cm³/mol. The lowest BCUT2D eigenvalue weighted by molar-refractivity contribution is 0.624. The van der Waals surface area contributed by atoms with Crippen molar-refractivity contribution in [3.8, 4) is 22.3 Å². The van der Waals surface area contributed by atoms with Crippen LogP contribution >= 0.6 is 23.5 Å². The van der Waals surface area contributed by atoms with E-state index in [9.17, 15) is 8.78 Å². The van der Waals surface area contributed by atoms with E-state index in [1.54, 1.807) is 24.3 Å². The first kappa shape index (κ1) is 32.0. The fraction of sp³-hybridized carbons (Fsp3) is 0. The molecule has 3 aromatic heterocycles. The van der Waals surface area contributed by atoms with Crippen LogP contribution in [0, 0.1) is 11.6 Å². The van der Waals surface area contributed by atoms with Crippen LogP contribution in [-0.2, 0) is 0 Å². The summed E-state index contributed by atoms with van der Waals surface area (Å²) < 4.78 is 28.9. The Morgan fingerprint density at radius 2 is 0.808 bits per heavy atom. The molecule has 0 radical (unpaired) electrons. The molecular weight excluding hydrogens is 687 g/mol. The Bertz CT molecular complexity index is 2530. The largest absolute Gasteiger partial charge is 0.354 e. The van der Waals surface area contributed by atoms with E-state index in [1.807, 2.05) is 85.0 Å². The van der Waals surface area contributed by atoms with Gasteiger partial charge in [-0.25, -0.2) is 18.7 Å². The summed E-state index contributed by atoms with van der Waals surface area (Å²) in [6, 6.07) is 41.8. The van der Waals surface area contributed by atoms with Crippen LogP contribution in [0.15, 0.2) is 153 Å². The topological polar surface area (TPSA) is 57.4 Å². The lowest BCUT2D eigenvalue weighted by Crippen LogP contribution is -1.88. The van der Waals surface area contributed by atoms with Gasteiger partial charge in [0.05, 0.1) is 43.6 Å². The van der Waals surface area contributed by atoms with Gasteiger partial charge in [0, 0.05) is 32.0 Å². The zero-order valence-electron chi connectivity index (χ0n) is 27.5. The van der Waals surface area contributed by atoms with Gasteiger partial charge in [-0.15, -0.1) is 0 Å². The van der Waals surface area contributed by atoms with Gasteiger partial charge in [-0.3, -0.25) is 0 Å². The summed E-state index contributed by atoms with van der Waals surface area (Å²) in [5.41, 5.74) is 10.4. The molecule has 0 saturated heterocycles. The molecule has 4 aromatic carbocycles. The average molecular weight is 715 g/mol. The van der Waals surface area contributed by atoms with Crippen LogP contribution in [-0.4, -0.2) is 19.9 Å². The molecule has 0 unspecified atom stereocenters. The molecule has 250 valence electrons. The first-order valence-electron chi connectivity index (χ1n) is 16.7. The number of hydrogen-bond acceptors (Lipinski definition) is 4. The predicted octanol–water partition coefficient (Wildman–Crippen LogP) is 12.6. The van der Waals surface area contributed by atoms with E-state index >= 15 is 0 Å². The molecule has 8 bridgehead atoms. The first-order valence-corrected chi connectivity index (χ1v) is 18.3. The maximum atomic E-state index is 14.5. The smallest absolute Gasteiger partial charge is 0.124 e. The van der Waals surface area contributed by atoms with Crippen LogP contribution in [0.5, 0.6) is 0 Å². The quantitative estimate of drug-likeness (QED) is 0.180. The van der Waals surface area contributed by atoms with Crippen molar-refractivity contribution >= 4 is 69.9 Å². The van der Waals surface area contributed by atoms with Gasteiger partial charge in [-0.1, -0.05) is 96.3 Å². The van der Waals surface area contributed by atoms with Crippen molar-refractivity contribution in [1.82, 2.24) is 19.9 Å². The van der Waals surface area contributed by atoms with Crippen LogP contribution in [0.1, 0.15) is 22.8 Å². The summed E-state index contributed by atoms with van der Waals surface area (Å²) >= 11 is 2.94. The van der Waals surface area contributed by atoms with Crippen LogP contribution in [0.25, 0.3) is 68.6 Å². The Labute approximate surface area is 307 Å². The Kier molecular flexibility index (Phi) is 8.39. The molecule has 2 N–H and O–H groups in total. The molecule has 0 aliphatic carbocycles. The van der Waals surface area contributed by atoms with Crippen LogP contribution < -0.4 is 0 Å². The van der Waals surface area contributed by atoms with E-state index in [2.05, 4.69) is 46.4 Å². The van der Waals surface area contributed by atoms with E-state index in [-0.39, 0.29) is 11.6 Å². The highest BCUT2D eigenvalue weighted by molar-refractivity contribution is 7.99. The number of hydrogen-bond donors (Lipinski definition) is 2. The molecule has 52 heavy (non-hydrogen) atoms. The number of nitrogens with one attached hydrogen (secondary N) is 2. The third kappa shape index (κ3) is 6.27. The highest BCUT2D eigenvalue weighted by Crippen LogP contribution is 2.40. The third-order valence-electron chi connectivity index (χ3n) is 8.81. The molecule has 0 atom stereocenters. The third-order valence-corrected chi connectivity index (χ3v) is 11.1. The minimum atomic E-state index is -0.297. The Morgan fingerprint density at radius 3 is 1.23 bits per heavy atom. The van der Waals surface area contributed by atoms with Gasteiger partial charge < -0.3 is 9.97 Å². The molecule has 5 heterocycles. The summed E-state index contributed by atoms with van der Waals surface area (Å²) in [6.45, 7) is 0. The molecule has 9 rings (SSSR count). The minimum absolute atomic E-state index is 0.297. The fourth-order valence-corrected chi connectivity index (χ4v) is 8.48. The number of aromatic nitrogens is 4. The van der Waals surface area contributed by atoms with Crippen molar-refractivity contribution in [2.24, 2.45) is 0 Å². The maximum Gasteiger partial charge on any atom is 0.124 e. The highest BCUT2D eigenvalue weighted by atomic mass is 32.2. The second-order valence-electron chi connectivity index (χ2n) is 12.3. The molecule has 0 saturated carbocycles. The molecule has 2 aliphatic rings. The fourth-order valence-electron chi connectivity index (χ4n) is 6.48. The monoisotopic (exact) mass is 714 g/mol. The molecule has 2 aliphatic heterocycles. The Balaban J connectivity index is 1.41. The van der Waals surface area contributed by atoms with Gasteiger partial charge in [0.15, 0.2) is 0 Å². The Hall–Kier alpha value is -5.96. The maximum absolute atomic E-state index is 14.5. The zero-order chi connectivity index (χ0) is 35.0. The van der Waals surface area contributed by atoms with Gasteiger partial charge in [-0.05, 0) is 96.1 Å². The first-order chi connectivity index (χ1) is 25.6. The standard InChI is InChI=1S/C44H28F2N4S2/c45-29-13-7-15-31(25-29)51-43-37-21-17-33(47-37)41(27-9-3-1-4-10-27)34-18-22-38(48-34)44(52-32-16-8-14-30(46)26-32)40-24-20-36(50-40)42(28-11-5-2-6-12-28)35-19-23-39(43)49-35/h1-26,47,50H. The van der Waals surface area contributed by atoms with Crippen LogP contribution in [0.2, 0.25) is 0 Å². The number of rotatable bonds is 6. The molecular formula is C44H28F2N4S2. The van der Waals surface area contributed by atoms with Crippen LogP contribution in [0.3, 0.4) is 0 Å². The normalized spacial score (nSPS) is 12.0. The second kappa shape index (κ2) is 13.6. The average Bonchev–Trinajstić information content (AvgIpc) is 4.00. The number of halogens is 2. The lowest BCUT2D eigenvalue weighted by Gasteiger charge is -2.06. The Morgan fingerprint density at radius 1 is 0.404 bits per heavy atom. The summed E-state index contributed by atoms with van der Waals surface area (Å²) in [4.78, 5) is 21.1. The van der Waals surface area contributed by atoms with Gasteiger partial charge in [0.1, 0.15) is 11.6 Å². The van der Waals surface area contributed by atoms with E-state index in [4.69, 9.17) is 9.97 Å². The second-order valence-corrected chi connectivity index (χ2v) is 14.4. The minimum Gasteiger partial charge on any atom is -0.354 e.